The van der Waals surface area contributed by atoms with Crippen LogP contribution in [0.2, 0.25) is 0 Å². The van der Waals surface area contributed by atoms with E-state index < -0.39 is 0 Å². The van der Waals surface area contributed by atoms with E-state index >= 15 is 0 Å². The maximum atomic E-state index is 9.13. The second-order valence-electron chi connectivity index (χ2n) is 3.84. The van der Waals surface area contributed by atoms with Crippen LogP contribution in [0.25, 0.3) is 0 Å². The topological polar surface area (TPSA) is 47.3 Å². The molecule has 92 valence electrons. The molecule has 0 aliphatic heterocycles. The monoisotopic (exact) mass is 296 g/mol. The lowest BCUT2D eigenvalue weighted by atomic mass is 10.1. The highest BCUT2D eigenvalue weighted by atomic mass is 79.9. The van der Waals surface area contributed by atoms with Crippen molar-refractivity contribution in [3.63, 3.8) is 0 Å². The Morgan fingerprint density at radius 2 is 2.18 bits per heavy atom. The molecular weight excluding hydrogens is 280 g/mol. The van der Waals surface area contributed by atoms with Crippen molar-refractivity contribution in [1.29, 1.82) is 5.26 Å². The molecule has 0 amide bonds. The van der Waals surface area contributed by atoms with E-state index in [0.29, 0.717) is 12.1 Å². The van der Waals surface area contributed by atoms with Crippen LogP contribution in [-0.2, 0) is 0 Å². The maximum Gasteiger partial charge on any atom is 0.101 e. The molecule has 0 atom stereocenters. The number of hydrogen-bond acceptors (Lipinski definition) is 3. The van der Waals surface area contributed by atoms with Gasteiger partial charge in [-0.25, -0.2) is 0 Å². The largest absolute Gasteiger partial charge is 0.395 e. The first-order valence-electron chi connectivity index (χ1n) is 5.78. The van der Waals surface area contributed by atoms with Gasteiger partial charge in [-0.15, -0.1) is 0 Å². The Morgan fingerprint density at radius 3 is 2.76 bits per heavy atom. The molecule has 17 heavy (non-hydrogen) atoms. The maximum absolute atomic E-state index is 9.13. The van der Waals surface area contributed by atoms with E-state index in [4.69, 9.17) is 10.4 Å². The van der Waals surface area contributed by atoms with Crippen molar-refractivity contribution in [3.8, 4) is 6.07 Å². The Labute approximate surface area is 111 Å². The zero-order valence-electron chi connectivity index (χ0n) is 9.99. The summed E-state index contributed by atoms with van der Waals surface area (Å²) in [6.07, 6.45) is 2.15. The van der Waals surface area contributed by atoms with Gasteiger partial charge in [0, 0.05) is 17.6 Å². The highest BCUT2D eigenvalue weighted by Crippen LogP contribution is 2.24. The first-order chi connectivity index (χ1) is 8.22. The van der Waals surface area contributed by atoms with E-state index in [1.807, 2.05) is 18.2 Å². The Hall–Kier alpha value is -1.05. The summed E-state index contributed by atoms with van der Waals surface area (Å²) in [7, 11) is 0. The van der Waals surface area contributed by atoms with Crippen molar-refractivity contribution < 1.29 is 5.11 Å². The van der Waals surface area contributed by atoms with Crippen LogP contribution in [0.15, 0.2) is 22.7 Å². The number of halogens is 1. The fourth-order valence-corrected chi connectivity index (χ4v) is 2.06. The molecule has 1 N–H and O–H groups in total. The molecule has 1 aromatic carbocycles. The second kappa shape index (κ2) is 7.31. The van der Waals surface area contributed by atoms with Crippen LogP contribution in [0.4, 0.5) is 5.69 Å². The molecule has 0 radical (unpaired) electrons. The van der Waals surface area contributed by atoms with Gasteiger partial charge in [-0.1, -0.05) is 29.3 Å². The smallest absolute Gasteiger partial charge is 0.101 e. The van der Waals surface area contributed by atoms with Gasteiger partial charge in [-0.05, 0) is 24.6 Å². The molecule has 0 saturated heterocycles. The minimum absolute atomic E-state index is 0.102. The second-order valence-corrected chi connectivity index (χ2v) is 4.75. The first-order valence-corrected chi connectivity index (χ1v) is 6.57. The average molecular weight is 297 g/mol. The van der Waals surface area contributed by atoms with Gasteiger partial charge in [0.05, 0.1) is 17.9 Å². The van der Waals surface area contributed by atoms with E-state index in [1.54, 1.807) is 0 Å². The van der Waals surface area contributed by atoms with Gasteiger partial charge in [0.15, 0.2) is 0 Å². The zero-order chi connectivity index (χ0) is 12.7. The van der Waals surface area contributed by atoms with Gasteiger partial charge < -0.3 is 10.0 Å². The molecule has 0 bridgehead atoms. The Balaban J connectivity index is 2.96. The summed E-state index contributed by atoms with van der Waals surface area (Å²) in [4.78, 5) is 2.06. The van der Waals surface area contributed by atoms with Gasteiger partial charge in [0.2, 0.25) is 0 Å². The standard InChI is InChI=1S/C13H17BrN2O/c1-2-3-6-16(7-8-17)13-5-4-12(14)9-11(13)10-15/h4-5,9,17H,2-3,6-8H2,1H3. The quantitative estimate of drug-likeness (QED) is 0.878. The van der Waals surface area contributed by atoms with Gasteiger partial charge in [0.1, 0.15) is 6.07 Å². The lowest BCUT2D eigenvalue weighted by Gasteiger charge is -2.24. The molecule has 0 aliphatic rings. The molecule has 0 fully saturated rings. The summed E-state index contributed by atoms with van der Waals surface area (Å²) in [6.45, 7) is 3.66. The fourth-order valence-electron chi connectivity index (χ4n) is 1.70. The number of unbranched alkanes of at least 4 members (excludes halogenated alkanes) is 1. The Kier molecular flexibility index (Phi) is 6.03. The summed E-state index contributed by atoms with van der Waals surface area (Å²) in [6, 6.07) is 7.86. The highest BCUT2D eigenvalue weighted by molar-refractivity contribution is 9.10. The summed E-state index contributed by atoms with van der Waals surface area (Å²) in [5.41, 5.74) is 1.54. The number of nitrogens with zero attached hydrogens (tertiary/aromatic N) is 2. The van der Waals surface area contributed by atoms with Crippen LogP contribution < -0.4 is 4.90 Å². The summed E-state index contributed by atoms with van der Waals surface area (Å²) >= 11 is 3.36. The third kappa shape index (κ3) is 4.03. The molecule has 0 spiro atoms. The van der Waals surface area contributed by atoms with Crippen molar-refractivity contribution in [1.82, 2.24) is 0 Å². The van der Waals surface area contributed by atoms with E-state index in [2.05, 4.69) is 33.8 Å². The summed E-state index contributed by atoms with van der Waals surface area (Å²) in [5, 5.41) is 18.2. The summed E-state index contributed by atoms with van der Waals surface area (Å²) in [5.74, 6) is 0. The van der Waals surface area contributed by atoms with Gasteiger partial charge in [-0.2, -0.15) is 5.26 Å². The van der Waals surface area contributed by atoms with Gasteiger partial charge in [-0.3, -0.25) is 0 Å². The summed E-state index contributed by atoms with van der Waals surface area (Å²) < 4.78 is 0.900. The van der Waals surface area contributed by atoms with Crippen LogP contribution >= 0.6 is 15.9 Å². The van der Waals surface area contributed by atoms with Crippen molar-refractivity contribution in [3.05, 3.63) is 28.2 Å². The number of aliphatic hydroxyl groups is 1. The first kappa shape index (κ1) is 14.0. The molecule has 4 heteroatoms. The van der Waals surface area contributed by atoms with Crippen molar-refractivity contribution in [2.75, 3.05) is 24.6 Å². The number of benzene rings is 1. The molecule has 1 aromatic rings. The third-order valence-corrected chi connectivity index (χ3v) is 3.06. The number of rotatable bonds is 6. The number of anilines is 1. The van der Waals surface area contributed by atoms with E-state index in [1.165, 1.54) is 0 Å². The van der Waals surface area contributed by atoms with E-state index in [9.17, 15) is 0 Å². The third-order valence-electron chi connectivity index (χ3n) is 2.57. The molecule has 0 saturated carbocycles. The number of hydrogen-bond donors (Lipinski definition) is 1. The Bertz CT molecular complexity index is 401. The minimum Gasteiger partial charge on any atom is -0.395 e. The van der Waals surface area contributed by atoms with Gasteiger partial charge in [0.25, 0.3) is 0 Å². The molecular formula is C13H17BrN2O. The molecule has 1 rings (SSSR count). The Morgan fingerprint density at radius 1 is 1.41 bits per heavy atom. The molecule has 0 aliphatic carbocycles. The van der Waals surface area contributed by atoms with E-state index in [-0.39, 0.29) is 6.61 Å². The fraction of sp³-hybridized carbons (Fsp3) is 0.462. The lowest BCUT2D eigenvalue weighted by molar-refractivity contribution is 0.301. The van der Waals surface area contributed by atoms with Gasteiger partial charge >= 0.3 is 0 Å². The molecule has 3 nitrogen and oxygen atoms in total. The molecule has 0 unspecified atom stereocenters. The van der Waals surface area contributed by atoms with Crippen molar-refractivity contribution in [2.24, 2.45) is 0 Å². The van der Waals surface area contributed by atoms with Crippen LogP contribution in [0.3, 0.4) is 0 Å². The lowest BCUT2D eigenvalue weighted by Crippen LogP contribution is -2.28. The predicted octanol–water partition coefficient (Wildman–Crippen LogP) is 2.92. The normalized spacial score (nSPS) is 10.0. The van der Waals surface area contributed by atoms with E-state index in [0.717, 1.165) is 29.5 Å². The zero-order valence-corrected chi connectivity index (χ0v) is 11.6. The van der Waals surface area contributed by atoms with Crippen molar-refractivity contribution >= 4 is 21.6 Å². The van der Waals surface area contributed by atoms with Crippen LogP contribution in [0.5, 0.6) is 0 Å². The van der Waals surface area contributed by atoms with Crippen LogP contribution in [0.1, 0.15) is 25.3 Å². The minimum atomic E-state index is 0.102. The SMILES string of the molecule is CCCCN(CCO)c1ccc(Br)cc1C#N. The van der Waals surface area contributed by atoms with Crippen LogP contribution in [-0.4, -0.2) is 24.8 Å². The van der Waals surface area contributed by atoms with Crippen molar-refractivity contribution in [2.45, 2.75) is 19.8 Å². The average Bonchev–Trinajstić information content (AvgIpc) is 2.34. The van der Waals surface area contributed by atoms with Crippen LogP contribution in [0, 0.1) is 11.3 Å². The number of nitriles is 1. The molecule has 0 heterocycles. The molecule has 0 aromatic heterocycles. The predicted molar refractivity (Wildman–Crippen MR) is 73.1 cm³/mol. The highest BCUT2D eigenvalue weighted by Gasteiger charge is 2.10. The number of aliphatic hydroxyl groups excluding tert-OH is 1.